The van der Waals surface area contributed by atoms with Crippen LogP contribution in [0.2, 0.25) is 0 Å². The highest BCUT2D eigenvalue weighted by atomic mass is 28.3. The van der Waals surface area contributed by atoms with Gasteiger partial charge in [0, 0.05) is 57.2 Å². The first-order valence-electron chi connectivity index (χ1n) is 21.7. The number of benzene rings is 8. The lowest BCUT2D eigenvalue weighted by atomic mass is 9.97. The fourth-order valence-corrected chi connectivity index (χ4v) is 15.7. The molecule has 0 aliphatic carbocycles. The number of hydrogen-bond donors (Lipinski definition) is 0. The Morgan fingerprint density at radius 2 is 1.06 bits per heavy atom. The van der Waals surface area contributed by atoms with E-state index in [1.807, 2.05) is 55.0 Å². The summed E-state index contributed by atoms with van der Waals surface area (Å²) in [5.74, 6) is 0.770. The van der Waals surface area contributed by atoms with Gasteiger partial charge in [-0.1, -0.05) is 146 Å². The van der Waals surface area contributed by atoms with Crippen molar-refractivity contribution in [1.29, 1.82) is 0 Å². The molecule has 1 aliphatic rings. The first-order valence-corrected chi connectivity index (χ1v) is 23.7. The molecule has 1 atom stereocenters. The SMILES string of the molecule is FC(c1ccc2c(c1)N(c1ccccn1)c1cc3c4ccccc4n(-c4ccccc4)c3cc1[Si]2(c1ccccc1)c1ccccc1)c1ccc2c3ccccc3n3ccnc3c2c1. The van der Waals surface area contributed by atoms with Crippen molar-refractivity contribution in [2.24, 2.45) is 0 Å². The van der Waals surface area contributed by atoms with Gasteiger partial charge in [0.15, 0.2) is 14.2 Å². The van der Waals surface area contributed by atoms with Crippen LogP contribution in [0.25, 0.3) is 54.8 Å². The van der Waals surface area contributed by atoms with Crippen molar-refractivity contribution >= 4 is 95.1 Å². The Kier molecular flexibility index (Phi) is 8.10. The number of imidazole rings is 1. The molecule has 1 unspecified atom stereocenters. The first kappa shape index (κ1) is 36.5. The minimum absolute atomic E-state index is 0.577. The molecule has 0 saturated carbocycles. The molecule has 5 heterocycles. The highest BCUT2D eigenvalue weighted by Gasteiger charge is 2.49. The van der Waals surface area contributed by atoms with Crippen molar-refractivity contribution in [2.45, 2.75) is 6.17 Å². The van der Waals surface area contributed by atoms with Crippen LogP contribution in [-0.4, -0.2) is 27.0 Å². The number of nitrogens with zero attached hydrogens (tertiary/aromatic N) is 5. The van der Waals surface area contributed by atoms with Gasteiger partial charge >= 0.3 is 0 Å². The summed E-state index contributed by atoms with van der Waals surface area (Å²) in [4.78, 5) is 12.1. The van der Waals surface area contributed by atoms with Crippen molar-refractivity contribution in [3.63, 3.8) is 0 Å². The molecule has 5 nitrogen and oxygen atoms in total. The molecule has 0 saturated heterocycles. The van der Waals surface area contributed by atoms with E-state index in [1.165, 1.54) is 20.7 Å². The number of para-hydroxylation sites is 3. The topological polar surface area (TPSA) is 38.4 Å². The summed E-state index contributed by atoms with van der Waals surface area (Å²) < 4.78 is 22.3. The number of alkyl halides is 1. The van der Waals surface area contributed by atoms with Gasteiger partial charge in [-0.3, -0.25) is 9.30 Å². The van der Waals surface area contributed by atoms with Crippen LogP contribution in [0.3, 0.4) is 0 Å². The molecule has 4 aromatic heterocycles. The third kappa shape index (κ3) is 5.22. The minimum Gasteiger partial charge on any atom is -0.309 e. The highest BCUT2D eigenvalue weighted by Crippen LogP contribution is 2.43. The average Bonchev–Trinajstić information content (AvgIpc) is 4.00. The molecule has 0 amide bonds. The molecule has 1 aliphatic heterocycles. The maximum Gasteiger partial charge on any atom is 0.184 e. The lowest BCUT2D eigenvalue weighted by Gasteiger charge is -2.45. The van der Waals surface area contributed by atoms with Crippen LogP contribution in [0.15, 0.2) is 225 Å². The van der Waals surface area contributed by atoms with Gasteiger partial charge in [0.25, 0.3) is 0 Å². The van der Waals surface area contributed by atoms with Gasteiger partial charge in [0.05, 0.1) is 16.6 Å². The zero-order valence-electron chi connectivity index (χ0n) is 34.6. The molecular weight excluding hydrogens is 802 g/mol. The number of halogens is 1. The smallest absolute Gasteiger partial charge is 0.184 e. The van der Waals surface area contributed by atoms with E-state index in [2.05, 4.69) is 184 Å². The van der Waals surface area contributed by atoms with Crippen molar-refractivity contribution in [2.75, 3.05) is 4.90 Å². The molecule has 0 spiro atoms. The Balaban J connectivity index is 1.12. The van der Waals surface area contributed by atoms with Crippen molar-refractivity contribution in [3.8, 4) is 5.69 Å². The van der Waals surface area contributed by atoms with E-state index in [0.29, 0.717) is 11.1 Å². The van der Waals surface area contributed by atoms with E-state index < -0.39 is 14.2 Å². The van der Waals surface area contributed by atoms with E-state index in [4.69, 9.17) is 9.97 Å². The Morgan fingerprint density at radius 3 is 1.80 bits per heavy atom. The summed E-state index contributed by atoms with van der Waals surface area (Å²) in [6.07, 6.45) is 4.22. The van der Waals surface area contributed by atoms with Gasteiger partial charge in [-0.2, -0.15) is 0 Å². The second-order valence-corrected chi connectivity index (χ2v) is 20.4. The number of hydrogen-bond acceptors (Lipinski definition) is 3. The second-order valence-electron chi connectivity index (χ2n) is 16.7. The number of fused-ring (bicyclic) bond motifs is 11. The fourth-order valence-electron chi connectivity index (χ4n) is 10.7. The van der Waals surface area contributed by atoms with Gasteiger partial charge in [-0.15, -0.1) is 0 Å². The highest BCUT2D eigenvalue weighted by molar-refractivity contribution is 7.21. The molecule has 0 radical (unpaired) electrons. The minimum atomic E-state index is -3.18. The average molecular weight is 840 g/mol. The zero-order chi connectivity index (χ0) is 42.4. The van der Waals surface area contributed by atoms with Crippen molar-refractivity contribution in [3.05, 3.63) is 236 Å². The summed E-state index contributed by atoms with van der Waals surface area (Å²) in [7, 11) is -3.18. The Morgan fingerprint density at radius 1 is 0.438 bits per heavy atom. The normalized spacial score (nSPS) is 13.7. The summed E-state index contributed by atoms with van der Waals surface area (Å²) in [5.41, 5.74) is 8.39. The second kappa shape index (κ2) is 14.2. The molecule has 7 heteroatoms. The van der Waals surface area contributed by atoms with E-state index >= 15 is 4.39 Å². The van der Waals surface area contributed by atoms with Crippen LogP contribution in [0, 0.1) is 0 Å². The lowest BCUT2D eigenvalue weighted by molar-refractivity contribution is 0.402. The van der Waals surface area contributed by atoms with Crippen LogP contribution in [0.5, 0.6) is 0 Å². The van der Waals surface area contributed by atoms with Gasteiger partial charge in [0.1, 0.15) is 11.5 Å². The number of aromatic nitrogens is 4. The Hall–Kier alpha value is -8.13. The quantitative estimate of drug-likeness (QED) is 0.124. The summed E-state index contributed by atoms with van der Waals surface area (Å²) in [6, 6.07) is 72.9. The van der Waals surface area contributed by atoms with Crippen LogP contribution >= 0.6 is 0 Å². The third-order valence-corrected chi connectivity index (χ3v) is 18.2. The predicted octanol–water partition coefficient (Wildman–Crippen LogP) is 11.4. The number of anilines is 3. The maximum atomic E-state index is 17.8. The van der Waals surface area contributed by atoms with Crippen LogP contribution < -0.4 is 25.6 Å². The predicted molar refractivity (Wildman–Crippen MR) is 264 cm³/mol. The molecule has 0 bridgehead atoms. The van der Waals surface area contributed by atoms with E-state index in [9.17, 15) is 0 Å². The zero-order valence-corrected chi connectivity index (χ0v) is 35.6. The Bertz CT molecular complexity index is 3720. The molecule has 13 rings (SSSR count). The molecule has 0 N–H and O–H groups in total. The first-order chi connectivity index (χ1) is 31.7. The van der Waals surface area contributed by atoms with Crippen molar-refractivity contribution in [1.82, 2.24) is 18.9 Å². The molecule has 64 heavy (non-hydrogen) atoms. The monoisotopic (exact) mass is 839 g/mol. The Labute approximate surface area is 369 Å². The fraction of sp³-hybridized carbons (Fsp3) is 0.0175. The van der Waals surface area contributed by atoms with Crippen LogP contribution in [-0.2, 0) is 0 Å². The number of pyridine rings is 2. The molecule has 8 aromatic carbocycles. The number of rotatable bonds is 6. The van der Waals surface area contributed by atoms with Crippen molar-refractivity contribution < 1.29 is 4.39 Å². The van der Waals surface area contributed by atoms with E-state index in [0.717, 1.165) is 72.0 Å². The third-order valence-electron chi connectivity index (χ3n) is 13.4. The molecule has 0 fully saturated rings. The van der Waals surface area contributed by atoms with Gasteiger partial charge in [-0.25, -0.2) is 14.4 Å². The largest absolute Gasteiger partial charge is 0.309 e. The van der Waals surface area contributed by atoms with Crippen LogP contribution in [0.1, 0.15) is 17.3 Å². The van der Waals surface area contributed by atoms with Crippen LogP contribution in [0.4, 0.5) is 21.6 Å². The van der Waals surface area contributed by atoms with Gasteiger partial charge in [0.2, 0.25) is 0 Å². The van der Waals surface area contributed by atoms with E-state index in [-0.39, 0.29) is 0 Å². The van der Waals surface area contributed by atoms with E-state index in [1.54, 1.807) is 0 Å². The standard InChI is InChI=1S/C57H38FN5Si/c58-56(38-27-29-43-44-22-10-12-24-48(44)61-33-32-60-57(61)47(43)34-38)39-28-30-53-51(35-39)63(55-26-14-15-31-59-55)52-36-46-45-23-11-13-25-49(45)62(40-16-4-1-5-17-40)50(46)37-54(52)64(53,41-18-6-2-7-19-41)42-20-8-3-9-21-42/h1-37,56H. The van der Waals surface area contributed by atoms with Gasteiger partial charge < -0.3 is 4.57 Å². The molecule has 302 valence electrons. The maximum absolute atomic E-state index is 17.8. The summed E-state index contributed by atoms with van der Waals surface area (Å²) >= 11 is 0. The summed E-state index contributed by atoms with van der Waals surface area (Å²) in [6.45, 7) is 0. The molecule has 12 aromatic rings. The van der Waals surface area contributed by atoms with Gasteiger partial charge in [-0.05, 0) is 97.9 Å². The summed E-state index contributed by atoms with van der Waals surface area (Å²) in [5, 5.41) is 10.3. The molecular formula is C57H38FN5Si. The lowest BCUT2D eigenvalue weighted by Crippen LogP contribution is -2.77.